The summed E-state index contributed by atoms with van der Waals surface area (Å²) < 4.78 is 10.8. The number of aryl methyl sites for hydroxylation is 2. The van der Waals surface area contributed by atoms with Gasteiger partial charge in [-0.05, 0) is 54.9 Å². The van der Waals surface area contributed by atoms with Gasteiger partial charge in [-0.25, -0.2) is 4.79 Å². The Kier molecular flexibility index (Phi) is 10.2. The molecule has 0 aliphatic rings. The lowest BCUT2D eigenvalue weighted by atomic mass is 9.99. The molecular weight excluding hydrogens is 348 g/mol. The van der Waals surface area contributed by atoms with Gasteiger partial charge in [0.2, 0.25) is 0 Å². The van der Waals surface area contributed by atoms with E-state index in [2.05, 4.69) is 44.2 Å². The van der Waals surface area contributed by atoms with Crippen LogP contribution in [0.4, 0.5) is 4.79 Å². The van der Waals surface area contributed by atoms with Crippen molar-refractivity contribution in [1.82, 2.24) is 0 Å². The van der Waals surface area contributed by atoms with E-state index in [4.69, 9.17) is 9.47 Å². The number of rotatable bonds is 12. The van der Waals surface area contributed by atoms with Crippen molar-refractivity contribution >= 4 is 6.16 Å². The van der Waals surface area contributed by atoms with E-state index in [1.165, 1.54) is 17.5 Å². The first-order valence-corrected chi connectivity index (χ1v) is 10.7. The third kappa shape index (κ3) is 7.75. The summed E-state index contributed by atoms with van der Waals surface area (Å²) in [7, 11) is 0. The van der Waals surface area contributed by atoms with Crippen molar-refractivity contribution in [3.63, 3.8) is 0 Å². The maximum Gasteiger partial charge on any atom is 0.513 e. The molecule has 0 heterocycles. The molecule has 0 spiro atoms. The second-order valence-electron chi connectivity index (χ2n) is 7.24. The summed E-state index contributed by atoms with van der Waals surface area (Å²) in [6.07, 6.45) is 8.79. The summed E-state index contributed by atoms with van der Waals surface area (Å²) >= 11 is 0. The summed E-state index contributed by atoms with van der Waals surface area (Å²) in [5.41, 5.74) is 3.80. The molecule has 0 radical (unpaired) electrons. The second kappa shape index (κ2) is 13.0. The van der Waals surface area contributed by atoms with Crippen LogP contribution in [0.3, 0.4) is 0 Å². The lowest BCUT2D eigenvalue weighted by molar-refractivity contribution is 0.0969. The zero-order valence-electron chi connectivity index (χ0n) is 17.4. The zero-order valence-corrected chi connectivity index (χ0v) is 17.4. The predicted molar refractivity (Wildman–Crippen MR) is 115 cm³/mol. The average Bonchev–Trinajstić information content (AvgIpc) is 2.70. The van der Waals surface area contributed by atoms with Crippen molar-refractivity contribution < 1.29 is 14.3 Å². The van der Waals surface area contributed by atoms with E-state index in [1.54, 1.807) is 0 Å². The van der Waals surface area contributed by atoms with Gasteiger partial charge in [-0.15, -0.1) is 0 Å². The van der Waals surface area contributed by atoms with E-state index in [1.807, 2.05) is 18.2 Å². The van der Waals surface area contributed by atoms with Crippen molar-refractivity contribution in [2.24, 2.45) is 0 Å². The van der Waals surface area contributed by atoms with E-state index in [9.17, 15) is 4.79 Å². The van der Waals surface area contributed by atoms with Gasteiger partial charge >= 0.3 is 6.16 Å². The van der Waals surface area contributed by atoms with Gasteiger partial charge in [0, 0.05) is 0 Å². The van der Waals surface area contributed by atoms with Gasteiger partial charge in [-0.3, -0.25) is 0 Å². The quantitative estimate of drug-likeness (QED) is 0.227. The van der Waals surface area contributed by atoms with Gasteiger partial charge in [0.1, 0.15) is 5.75 Å². The topological polar surface area (TPSA) is 35.5 Å². The van der Waals surface area contributed by atoms with E-state index in [0.717, 1.165) is 56.9 Å². The van der Waals surface area contributed by atoms with Crippen LogP contribution in [-0.4, -0.2) is 12.8 Å². The molecule has 2 aromatic carbocycles. The Morgan fingerprint density at radius 1 is 0.786 bits per heavy atom. The highest BCUT2D eigenvalue weighted by Crippen LogP contribution is 2.25. The molecule has 0 amide bonds. The average molecular weight is 383 g/mol. The normalized spacial score (nSPS) is 10.6. The Morgan fingerprint density at radius 2 is 1.54 bits per heavy atom. The predicted octanol–water partition coefficient (Wildman–Crippen LogP) is 6.91. The van der Waals surface area contributed by atoms with Crippen molar-refractivity contribution in [1.29, 1.82) is 0 Å². The number of hydrogen-bond donors (Lipinski definition) is 0. The highest BCUT2D eigenvalue weighted by Gasteiger charge is 2.13. The van der Waals surface area contributed by atoms with Gasteiger partial charge in [0.15, 0.2) is 0 Å². The van der Waals surface area contributed by atoms with Crippen LogP contribution < -0.4 is 4.74 Å². The van der Waals surface area contributed by atoms with Crippen molar-refractivity contribution in [3.05, 3.63) is 65.2 Å². The minimum atomic E-state index is -0.588. The van der Waals surface area contributed by atoms with Crippen LogP contribution in [0.5, 0.6) is 5.75 Å². The van der Waals surface area contributed by atoms with Gasteiger partial charge in [-0.1, -0.05) is 82.0 Å². The number of carbonyl (C=O) groups is 1. The molecule has 2 rings (SSSR count). The number of hydrogen-bond acceptors (Lipinski definition) is 3. The molecule has 0 aliphatic heterocycles. The first-order chi connectivity index (χ1) is 13.7. The highest BCUT2D eigenvalue weighted by atomic mass is 16.7. The molecule has 152 valence electrons. The van der Waals surface area contributed by atoms with E-state index < -0.39 is 6.16 Å². The molecule has 0 atom stereocenters. The fraction of sp³-hybridized carbons (Fsp3) is 0.480. The van der Waals surface area contributed by atoms with Crippen LogP contribution in [0, 0.1) is 0 Å². The molecule has 0 N–H and O–H groups in total. The first kappa shape index (κ1) is 22.0. The van der Waals surface area contributed by atoms with Gasteiger partial charge in [0.05, 0.1) is 6.61 Å². The monoisotopic (exact) mass is 382 g/mol. The Hall–Kier alpha value is -2.29. The SMILES string of the molecule is CCCc1cccc(OC(=O)OCCCCCCc2ccccc2)c1CCC. The molecule has 0 saturated heterocycles. The van der Waals surface area contributed by atoms with Crippen LogP contribution >= 0.6 is 0 Å². The second-order valence-corrected chi connectivity index (χ2v) is 7.24. The van der Waals surface area contributed by atoms with Crippen molar-refractivity contribution in [3.8, 4) is 5.75 Å². The Labute approximate surface area is 170 Å². The van der Waals surface area contributed by atoms with E-state index in [0.29, 0.717) is 12.4 Å². The summed E-state index contributed by atoms with van der Waals surface area (Å²) in [4.78, 5) is 12.1. The summed E-state index contributed by atoms with van der Waals surface area (Å²) in [6, 6.07) is 16.5. The van der Waals surface area contributed by atoms with Gasteiger partial charge < -0.3 is 9.47 Å². The van der Waals surface area contributed by atoms with Crippen LogP contribution in [0.25, 0.3) is 0 Å². The van der Waals surface area contributed by atoms with E-state index >= 15 is 0 Å². The summed E-state index contributed by atoms with van der Waals surface area (Å²) in [5, 5.41) is 0. The lowest BCUT2D eigenvalue weighted by Gasteiger charge is -2.14. The molecule has 0 aliphatic carbocycles. The molecular formula is C25H34O3. The smallest absolute Gasteiger partial charge is 0.434 e. The van der Waals surface area contributed by atoms with Gasteiger partial charge in [0.25, 0.3) is 0 Å². The van der Waals surface area contributed by atoms with Crippen molar-refractivity contribution in [2.75, 3.05) is 6.61 Å². The molecule has 0 bridgehead atoms. The molecule has 0 saturated carbocycles. The Balaban J connectivity index is 1.67. The van der Waals surface area contributed by atoms with E-state index in [-0.39, 0.29) is 0 Å². The third-order valence-electron chi connectivity index (χ3n) is 4.87. The third-order valence-corrected chi connectivity index (χ3v) is 4.87. The number of ether oxygens (including phenoxy) is 2. The maximum absolute atomic E-state index is 12.1. The molecule has 3 nitrogen and oxygen atoms in total. The molecule has 28 heavy (non-hydrogen) atoms. The molecule has 2 aromatic rings. The maximum atomic E-state index is 12.1. The molecule has 0 unspecified atom stereocenters. The molecule has 0 fully saturated rings. The number of benzene rings is 2. The number of unbranched alkanes of at least 4 members (excludes halogenated alkanes) is 3. The fourth-order valence-corrected chi connectivity index (χ4v) is 3.45. The van der Waals surface area contributed by atoms with Crippen molar-refractivity contribution in [2.45, 2.75) is 71.6 Å². The first-order valence-electron chi connectivity index (χ1n) is 10.7. The Morgan fingerprint density at radius 3 is 2.29 bits per heavy atom. The minimum Gasteiger partial charge on any atom is -0.434 e. The Bertz CT molecular complexity index is 694. The number of carbonyl (C=O) groups excluding carboxylic acids is 1. The standard InChI is InChI=1S/C25H34O3/c1-3-13-22-18-12-19-24(23(22)14-4-2)28-25(26)27-20-11-6-5-8-15-21-16-9-7-10-17-21/h7,9-10,12,16-19H,3-6,8,11,13-15,20H2,1-2H3. The fourth-order valence-electron chi connectivity index (χ4n) is 3.45. The van der Waals surface area contributed by atoms with Crippen LogP contribution in [-0.2, 0) is 24.0 Å². The van der Waals surface area contributed by atoms with Crippen LogP contribution in [0.2, 0.25) is 0 Å². The molecule has 3 heteroatoms. The highest BCUT2D eigenvalue weighted by molar-refractivity contribution is 5.65. The zero-order chi connectivity index (χ0) is 20.0. The minimum absolute atomic E-state index is 0.419. The van der Waals surface area contributed by atoms with Crippen LogP contribution in [0.1, 0.15) is 69.1 Å². The summed E-state index contributed by atoms with van der Waals surface area (Å²) in [6.45, 7) is 4.72. The summed E-state index contributed by atoms with van der Waals surface area (Å²) in [5.74, 6) is 0.653. The van der Waals surface area contributed by atoms with Crippen LogP contribution in [0.15, 0.2) is 48.5 Å². The molecule has 0 aromatic heterocycles. The lowest BCUT2D eigenvalue weighted by Crippen LogP contribution is -2.13. The largest absolute Gasteiger partial charge is 0.513 e. The van der Waals surface area contributed by atoms with Gasteiger partial charge in [-0.2, -0.15) is 0 Å².